The number of hydrogen-bond donors (Lipinski definition) is 1. The number of Topliss-reactive ketones (excluding diaryl/α,β-unsaturated/α-hetero) is 1. The highest BCUT2D eigenvalue weighted by atomic mass is 16.2. The SMILES string of the molecule is CCCCCC(C)(C)NC(=O)C(=O)C(C)(C)C. The van der Waals surface area contributed by atoms with Crippen LogP contribution in [0.5, 0.6) is 0 Å². The van der Waals surface area contributed by atoms with Crippen molar-refractivity contribution < 1.29 is 9.59 Å². The molecule has 0 aromatic heterocycles. The highest BCUT2D eigenvalue weighted by molar-refractivity contribution is 6.38. The second-order valence-corrected chi connectivity index (χ2v) is 6.37. The van der Waals surface area contributed by atoms with Crippen LogP contribution < -0.4 is 5.32 Å². The van der Waals surface area contributed by atoms with Crippen LogP contribution in [0.1, 0.15) is 67.2 Å². The van der Waals surface area contributed by atoms with E-state index in [1.807, 2.05) is 13.8 Å². The average molecular weight is 241 g/mol. The molecule has 3 heteroatoms. The molecule has 0 rings (SSSR count). The smallest absolute Gasteiger partial charge is 0.288 e. The molecule has 0 fully saturated rings. The maximum atomic E-state index is 11.8. The lowest BCUT2D eigenvalue weighted by molar-refractivity contribution is -0.143. The second kappa shape index (κ2) is 6.18. The van der Waals surface area contributed by atoms with E-state index < -0.39 is 11.3 Å². The van der Waals surface area contributed by atoms with Gasteiger partial charge in [-0.15, -0.1) is 0 Å². The van der Waals surface area contributed by atoms with E-state index in [4.69, 9.17) is 0 Å². The number of hydrogen-bond acceptors (Lipinski definition) is 2. The van der Waals surface area contributed by atoms with Crippen LogP contribution >= 0.6 is 0 Å². The van der Waals surface area contributed by atoms with Crippen molar-refractivity contribution >= 4 is 11.7 Å². The Balaban J connectivity index is 4.32. The summed E-state index contributed by atoms with van der Waals surface area (Å²) < 4.78 is 0. The Kier molecular flexibility index (Phi) is 5.86. The van der Waals surface area contributed by atoms with E-state index in [0.29, 0.717) is 0 Å². The minimum atomic E-state index is -0.608. The maximum absolute atomic E-state index is 11.8. The molecule has 3 nitrogen and oxygen atoms in total. The number of carbonyl (C=O) groups is 2. The quantitative estimate of drug-likeness (QED) is 0.574. The Morgan fingerprint density at radius 3 is 1.94 bits per heavy atom. The second-order valence-electron chi connectivity index (χ2n) is 6.37. The lowest BCUT2D eigenvalue weighted by Crippen LogP contribution is -2.49. The monoisotopic (exact) mass is 241 g/mol. The molecule has 0 aliphatic carbocycles. The lowest BCUT2D eigenvalue weighted by Gasteiger charge is -2.27. The third kappa shape index (κ3) is 6.44. The van der Waals surface area contributed by atoms with E-state index in [1.54, 1.807) is 20.8 Å². The number of amides is 1. The van der Waals surface area contributed by atoms with Gasteiger partial charge < -0.3 is 5.32 Å². The van der Waals surface area contributed by atoms with Crippen LogP contribution in [0.4, 0.5) is 0 Å². The van der Waals surface area contributed by atoms with E-state index in [9.17, 15) is 9.59 Å². The summed E-state index contributed by atoms with van der Waals surface area (Å²) in [5, 5.41) is 2.83. The van der Waals surface area contributed by atoms with Crippen molar-refractivity contribution in [3.05, 3.63) is 0 Å². The summed E-state index contributed by atoms with van der Waals surface area (Å²) in [5.41, 5.74) is -0.906. The zero-order valence-corrected chi connectivity index (χ0v) is 12.1. The average Bonchev–Trinajstić information content (AvgIpc) is 2.14. The van der Waals surface area contributed by atoms with Crippen LogP contribution in [0.2, 0.25) is 0 Å². The molecule has 0 atom stereocenters. The summed E-state index contributed by atoms with van der Waals surface area (Å²) >= 11 is 0. The van der Waals surface area contributed by atoms with Gasteiger partial charge >= 0.3 is 0 Å². The first kappa shape index (κ1) is 16.1. The van der Waals surface area contributed by atoms with Crippen LogP contribution in [-0.2, 0) is 9.59 Å². The number of ketones is 1. The summed E-state index contributed by atoms with van der Waals surface area (Å²) in [6.07, 6.45) is 4.30. The Morgan fingerprint density at radius 1 is 1.00 bits per heavy atom. The van der Waals surface area contributed by atoms with Crippen LogP contribution in [0.3, 0.4) is 0 Å². The summed E-state index contributed by atoms with van der Waals surface area (Å²) in [6.45, 7) is 11.4. The first-order chi connectivity index (χ1) is 7.60. The molecule has 1 N–H and O–H groups in total. The fraction of sp³-hybridized carbons (Fsp3) is 0.857. The van der Waals surface area contributed by atoms with Crippen molar-refractivity contribution in [3.8, 4) is 0 Å². The summed E-state index contributed by atoms with van der Waals surface area (Å²) in [6, 6.07) is 0. The molecule has 0 aromatic rings. The molecule has 0 radical (unpaired) electrons. The van der Waals surface area contributed by atoms with E-state index in [-0.39, 0.29) is 11.3 Å². The normalized spacial score (nSPS) is 12.4. The van der Waals surface area contributed by atoms with Crippen molar-refractivity contribution in [1.29, 1.82) is 0 Å². The molecule has 0 aliphatic heterocycles. The molecule has 0 unspecified atom stereocenters. The van der Waals surface area contributed by atoms with Gasteiger partial charge in [-0.05, 0) is 20.3 Å². The maximum Gasteiger partial charge on any atom is 0.288 e. The molecule has 0 aromatic carbocycles. The molecule has 1 amide bonds. The van der Waals surface area contributed by atoms with Gasteiger partial charge in [-0.2, -0.15) is 0 Å². The van der Waals surface area contributed by atoms with Gasteiger partial charge in [0.15, 0.2) is 0 Å². The van der Waals surface area contributed by atoms with Crippen molar-refractivity contribution in [2.75, 3.05) is 0 Å². The van der Waals surface area contributed by atoms with Gasteiger partial charge in [0.25, 0.3) is 5.91 Å². The molecule has 0 bridgehead atoms. The van der Waals surface area contributed by atoms with Crippen molar-refractivity contribution in [2.24, 2.45) is 5.41 Å². The molecule has 0 spiro atoms. The third-order valence-electron chi connectivity index (χ3n) is 2.74. The molecular formula is C14H27NO2. The molecule has 0 saturated carbocycles. The standard InChI is InChI=1S/C14H27NO2/c1-7-8-9-10-14(5,6)15-12(17)11(16)13(2,3)4/h7-10H2,1-6H3,(H,15,17). The fourth-order valence-electron chi connectivity index (χ4n) is 1.58. The molecule has 100 valence electrons. The summed E-state index contributed by atoms with van der Waals surface area (Å²) in [7, 11) is 0. The van der Waals surface area contributed by atoms with Gasteiger partial charge in [-0.1, -0.05) is 47.0 Å². The zero-order valence-electron chi connectivity index (χ0n) is 12.1. The molecule has 17 heavy (non-hydrogen) atoms. The molecule has 0 aliphatic rings. The Labute approximate surface area is 105 Å². The molecule has 0 heterocycles. The minimum Gasteiger partial charge on any atom is -0.345 e. The first-order valence-corrected chi connectivity index (χ1v) is 6.47. The number of nitrogens with one attached hydrogen (secondary N) is 1. The van der Waals surface area contributed by atoms with Crippen molar-refractivity contribution in [3.63, 3.8) is 0 Å². The predicted octanol–water partition coefficient (Wildman–Crippen LogP) is 3.08. The zero-order chi connectivity index (χ0) is 13.7. The van der Waals surface area contributed by atoms with Crippen molar-refractivity contribution in [2.45, 2.75) is 72.8 Å². The summed E-state index contributed by atoms with van der Waals surface area (Å²) in [5.74, 6) is -0.805. The van der Waals surface area contributed by atoms with Crippen molar-refractivity contribution in [1.82, 2.24) is 5.32 Å². The van der Waals surface area contributed by atoms with Gasteiger partial charge in [0.2, 0.25) is 5.78 Å². The molecular weight excluding hydrogens is 214 g/mol. The highest BCUT2D eigenvalue weighted by Gasteiger charge is 2.31. The van der Waals surface area contributed by atoms with Crippen LogP contribution in [0, 0.1) is 5.41 Å². The Bertz CT molecular complexity index is 274. The van der Waals surface area contributed by atoms with Gasteiger partial charge in [-0.3, -0.25) is 9.59 Å². The first-order valence-electron chi connectivity index (χ1n) is 6.47. The number of carbonyl (C=O) groups excluding carboxylic acids is 2. The minimum absolute atomic E-state index is 0.298. The fourth-order valence-corrected chi connectivity index (χ4v) is 1.58. The van der Waals surface area contributed by atoms with E-state index in [2.05, 4.69) is 12.2 Å². The predicted molar refractivity (Wildman–Crippen MR) is 70.8 cm³/mol. The number of rotatable bonds is 6. The topological polar surface area (TPSA) is 46.2 Å². The Hall–Kier alpha value is -0.860. The van der Waals surface area contributed by atoms with E-state index in [0.717, 1.165) is 25.7 Å². The van der Waals surface area contributed by atoms with Crippen LogP contribution in [0.15, 0.2) is 0 Å². The van der Waals surface area contributed by atoms with E-state index >= 15 is 0 Å². The number of unbranched alkanes of at least 4 members (excludes halogenated alkanes) is 2. The Morgan fingerprint density at radius 2 is 1.53 bits per heavy atom. The largest absolute Gasteiger partial charge is 0.345 e. The van der Waals surface area contributed by atoms with Gasteiger partial charge in [0.1, 0.15) is 0 Å². The summed E-state index contributed by atoms with van der Waals surface area (Å²) in [4.78, 5) is 23.5. The van der Waals surface area contributed by atoms with Gasteiger partial charge in [0, 0.05) is 11.0 Å². The molecule has 0 saturated heterocycles. The third-order valence-corrected chi connectivity index (χ3v) is 2.74. The lowest BCUT2D eigenvalue weighted by atomic mass is 9.89. The van der Waals surface area contributed by atoms with Crippen LogP contribution in [-0.4, -0.2) is 17.2 Å². The van der Waals surface area contributed by atoms with E-state index in [1.165, 1.54) is 0 Å². The van der Waals surface area contributed by atoms with Crippen LogP contribution in [0.25, 0.3) is 0 Å². The highest BCUT2D eigenvalue weighted by Crippen LogP contribution is 2.17. The van der Waals surface area contributed by atoms with Gasteiger partial charge in [-0.25, -0.2) is 0 Å². The van der Waals surface area contributed by atoms with Gasteiger partial charge in [0.05, 0.1) is 0 Å².